The van der Waals surface area contributed by atoms with Crippen LogP contribution in [0, 0.1) is 24.6 Å². The van der Waals surface area contributed by atoms with Gasteiger partial charge in [-0.2, -0.15) is 0 Å². The van der Waals surface area contributed by atoms with Crippen LogP contribution in [-0.2, 0) is 4.74 Å². The summed E-state index contributed by atoms with van der Waals surface area (Å²) < 4.78 is 19.1. The first kappa shape index (κ1) is 18.8. The molecule has 1 N–H and O–H groups in total. The second kappa shape index (κ2) is 8.20. The molecule has 0 aliphatic heterocycles. The maximum absolute atomic E-state index is 13.7. The highest BCUT2D eigenvalue weighted by molar-refractivity contribution is 5.79. The quantitative estimate of drug-likeness (QED) is 0.643. The van der Waals surface area contributed by atoms with Gasteiger partial charge in [0.15, 0.2) is 0 Å². The fourth-order valence-electron chi connectivity index (χ4n) is 3.64. The molecule has 0 saturated heterocycles. The lowest BCUT2D eigenvalue weighted by Crippen LogP contribution is -2.26. The largest absolute Gasteiger partial charge is 0.449 e. The van der Waals surface area contributed by atoms with Crippen molar-refractivity contribution >= 4 is 6.09 Å². The van der Waals surface area contributed by atoms with Gasteiger partial charge in [-0.05, 0) is 46.9 Å². The number of alkyl carbamates (subject to hydrolysis) is 1. The van der Waals surface area contributed by atoms with E-state index < -0.39 is 6.09 Å². The van der Waals surface area contributed by atoms with E-state index >= 15 is 0 Å². The Hall–Kier alpha value is -3.58. The number of carbonyl (C=O) groups excluding carboxylic acids is 1. The van der Waals surface area contributed by atoms with Crippen molar-refractivity contribution in [1.29, 1.82) is 0 Å². The molecule has 3 nitrogen and oxygen atoms in total. The third-order valence-electron chi connectivity index (χ3n) is 5.01. The van der Waals surface area contributed by atoms with Gasteiger partial charge in [-0.15, -0.1) is 0 Å². The lowest BCUT2D eigenvalue weighted by Gasteiger charge is -2.14. The standard InChI is InChI=1S/C25H20FNO2/c1-17-12-13-24(26)18(15-17)7-6-14-27-25(28)29-16-23-21-10-4-2-8-19(21)20-9-3-5-11-22(20)23/h2-5,8-13,15,23H,14,16H2,1H3,(H,27,28). The fourth-order valence-corrected chi connectivity index (χ4v) is 3.64. The Morgan fingerprint density at radius 2 is 1.69 bits per heavy atom. The molecule has 0 bridgehead atoms. The molecule has 0 spiro atoms. The van der Waals surface area contributed by atoms with Crippen LogP contribution in [0.25, 0.3) is 11.1 Å². The lowest BCUT2D eigenvalue weighted by atomic mass is 9.98. The van der Waals surface area contributed by atoms with Gasteiger partial charge in [0, 0.05) is 5.92 Å². The fraction of sp³-hybridized carbons (Fsp3) is 0.160. The first-order valence-corrected chi connectivity index (χ1v) is 9.47. The summed E-state index contributed by atoms with van der Waals surface area (Å²) in [7, 11) is 0. The number of halogens is 1. The SMILES string of the molecule is Cc1ccc(F)c(C#CCNC(=O)OCC2c3ccccc3-c3ccccc32)c1. The molecule has 0 saturated carbocycles. The zero-order chi connectivity index (χ0) is 20.2. The molecule has 0 aromatic heterocycles. The van der Waals surface area contributed by atoms with Crippen LogP contribution in [0.1, 0.15) is 28.2 Å². The first-order valence-electron chi connectivity index (χ1n) is 9.47. The Labute approximate surface area is 169 Å². The van der Waals surface area contributed by atoms with Crippen LogP contribution < -0.4 is 5.32 Å². The molecule has 0 radical (unpaired) electrons. The summed E-state index contributed by atoms with van der Waals surface area (Å²) in [5, 5.41) is 2.60. The minimum absolute atomic E-state index is 0.0145. The molecular weight excluding hydrogens is 365 g/mol. The molecule has 1 aliphatic carbocycles. The highest BCUT2D eigenvalue weighted by Crippen LogP contribution is 2.44. The Balaban J connectivity index is 1.36. The second-order valence-electron chi connectivity index (χ2n) is 6.96. The molecule has 4 heteroatoms. The summed E-state index contributed by atoms with van der Waals surface area (Å²) >= 11 is 0. The van der Waals surface area contributed by atoms with Crippen LogP contribution in [0.4, 0.5) is 9.18 Å². The normalized spacial score (nSPS) is 11.8. The van der Waals surface area contributed by atoms with Gasteiger partial charge < -0.3 is 10.1 Å². The summed E-state index contributed by atoms with van der Waals surface area (Å²) in [6.45, 7) is 2.21. The van der Waals surface area contributed by atoms with E-state index in [9.17, 15) is 9.18 Å². The van der Waals surface area contributed by atoms with Crippen LogP contribution in [-0.4, -0.2) is 19.2 Å². The molecule has 29 heavy (non-hydrogen) atoms. The maximum Gasteiger partial charge on any atom is 0.407 e. The van der Waals surface area contributed by atoms with Crippen molar-refractivity contribution in [3.8, 4) is 23.0 Å². The van der Waals surface area contributed by atoms with Crippen molar-refractivity contribution in [2.75, 3.05) is 13.2 Å². The van der Waals surface area contributed by atoms with Gasteiger partial charge in [0.2, 0.25) is 0 Å². The summed E-state index contributed by atoms with van der Waals surface area (Å²) in [4.78, 5) is 12.1. The molecule has 4 rings (SSSR count). The smallest absolute Gasteiger partial charge is 0.407 e. The highest BCUT2D eigenvalue weighted by Gasteiger charge is 2.28. The molecule has 144 valence electrons. The number of ether oxygens (including phenoxy) is 1. The number of benzene rings is 3. The average Bonchev–Trinajstić information content (AvgIpc) is 3.06. The molecule has 1 amide bonds. The maximum atomic E-state index is 13.7. The van der Waals surface area contributed by atoms with Crippen LogP contribution >= 0.6 is 0 Å². The van der Waals surface area contributed by atoms with Crippen molar-refractivity contribution in [3.63, 3.8) is 0 Å². The number of rotatable bonds is 3. The zero-order valence-electron chi connectivity index (χ0n) is 16.0. The van der Waals surface area contributed by atoms with Gasteiger partial charge in [-0.3, -0.25) is 0 Å². The number of nitrogens with one attached hydrogen (secondary N) is 1. The molecule has 3 aromatic carbocycles. The Kier molecular flexibility index (Phi) is 5.31. The minimum atomic E-state index is -0.536. The van der Waals surface area contributed by atoms with E-state index in [0.29, 0.717) is 5.56 Å². The van der Waals surface area contributed by atoms with E-state index in [1.165, 1.54) is 17.2 Å². The number of amides is 1. The monoisotopic (exact) mass is 385 g/mol. The van der Waals surface area contributed by atoms with Gasteiger partial charge in [0.05, 0.1) is 12.1 Å². The molecule has 3 aromatic rings. The minimum Gasteiger partial charge on any atom is -0.449 e. The summed E-state index contributed by atoms with van der Waals surface area (Å²) in [6.07, 6.45) is -0.536. The van der Waals surface area contributed by atoms with Crippen molar-refractivity contribution in [2.45, 2.75) is 12.8 Å². The van der Waals surface area contributed by atoms with E-state index in [-0.39, 0.29) is 24.9 Å². The number of aryl methyl sites for hydroxylation is 1. The van der Waals surface area contributed by atoms with E-state index in [2.05, 4.69) is 41.4 Å². The molecule has 0 atom stereocenters. The predicted molar refractivity (Wildman–Crippen MR) is 111 cm³/mol. The second-order valence-corrected chi connectivity index (χ2v) is 6.96. The van der Waals surface area contributed by atoms with Crippen LogP contribution in [0.15, 0.2) is 66.7 Å². The first-order chi connectivity index (χ1) is 14.1. The van der Waals surface area contributed by atoms with E-state index in [4.69, 9.17) is 4.74 Å². The summed E-state index contributed by atoms with van der Waals surface area (Å²) in [5.41, 5.74) is 5.94. The van der Waals surface area contributed by atoms with Gasteiger partial charge >= 0.3 is 6.09 Å². The lowest BCUT2D eigenvalue weighted by molar-refractivity contribution is 0.144. The van der Waals surface area contributed by atoms with Gasteiger partial charge in [-0.25, -0.2) is 9.18 Å². The van der Waals surface area contributed by atoms with Crippen LogP contribution in [0.3, 0.4) is 0 Å². The van der Waals surface area contributed by atoms with Gasteiger partial charge in [0.25, 0.3) is 0 Å². The Morgan fingerprint density at radius 3 is 2.38 bits per heavy atom. The number of hydrogen-bond acceptors (Lipinski definition) is 2. The third-order valence-corrected chi connectivity index (χ3v) is 5.01. The zero-order valence-corrected chi connectivity index (χ0v) is 16.0. The molecular formula is C25H20FNO2. The third kappa shape index (κ3) is 4.00. The summed E-state index contributed by atoms with van der Waals surface area (Å²) in [5.74, 6) is 5.14. The van der Waals surface area contributed by atoms with E-state index in [1.807, 2.05) is 31.2 Å². The van der Waals surface area contributed by atoms with Gasteiger partial charge in [0.1, 0.15) is 12.4 Å². The molecule has 0 unspecified atom stereocenters. The van der Waals surface area contributed by atoms with E-state index in [1.54, 1.807) is 12.1 Å². The van der Waals surface area contributed by atoms with E-state index in [0.717, 1.165) is 16.7 Å². The topological polar surface area (TPSA) is 38.3 Å². The van der Waals surface area contributed by atoms with Crippen molar-refractivity contribution < 1.29 is 13.9 Å². The molecule has 0 heterocycles. The molecule has 0 fully saturated rings. The average molecular weight is 385 g/mol. The van der Waals surface area contributed by atoms with Crippen LogP contribution in [0.2, 0.25) is 0 Å². The highest BCUT2D eigenvalue weighted by atomic mass is 19.1. The number of carbonyl (C=O) groups is 1. The molecule has 1 aliphatic rings. The Bertz CT molecular complexity index is 1080. The number of fused-ring (bicyclic) bond motifs is 3. The van der Waals surface area contributed by atoms with Gasteiger partial charge in [-0.1, -0.05) is 66.4 Å². The summed E-state index contributed by atoms with van der Waals surface area (Å²) in [6, 6.07) is 21.1. The van der Waals surface area contributed by atoms with Crippen molar-refractivity contribution in [1.82, 2.24) is 5.32 Å². The predicted octanol–water partition coefficient (Wildman–Crippen LogP) is 5.02. The number of hydrogen-bond donors (Lipinski definition) is 1. The Morgan fingerprint density at radius 1 is 1.03 bits per heavy atom. The van der Waals surface area contributed by atoms with Crippen LogP contribution in [0.5, 0.6) is 0 Å². The van der Waals surface area contributed by atoms with Crippen molar-refractivity contribution in [3.05, 3.63) is 94.8 Å². The van der Waals surface area contributed by atoms with Crippen molar-refractivity contribution in [2.24, 2.45) is 0 Å².